The summed E-state index contributed by atoms with van der Waals surface area (Å²) >= 11 is 6.92. The van der Waals surface area contributed by atoms with Crippen LogP contribution in [0.15, 0.2) is 93.2 Å². The Bertz CT molecular complexity index is 1990. The number of hydrogen-bond acceptors (Lipinski definition) is 11. The number of fused-ring (bicyclic) bond motifs is 2. The van der Waals surface area contributed by atoms with Crippen LogP contribution in [0.3, 0.4) is 0 Å². The second-order valence-electron chi connectivity index (χ2n) is 12.9. The first-order valence-corrected chi connectivity index (χ1v) is 21.9. The molecule has 4 heterocycles. The molecule has 6 aromatic rings. The third-order valence-electron chi connectivity index (χ3n) is 9.18. The summed E-state index contributed by atoms with van der Waals surface area (Å²) in [6, 6.07) is 20.2. The average Bonchev–Trinajstić information content (AvgIpc) is 3.68. The Balaban J connectivity index is 1.25. The molecule has 280 valence electrons. The van der Waals surface area contributed by atoms with Crippen LogP contribution in [-0.2, 0) is 29.3 Å². The van der Waals surface area contributed by atoms with E-state index in [1.807, 2.05) is 84.4 Å². The summed E-state index contributed by atoms with van der Waals surface area (Å²) in [4.78, 5) is 21.9. The molecule has 6 rings (SSSR count). The number of rotatable bonds is 18. The highest BCUT2D eigenvalue weighted by Gasteiger charge is 2.28. The van der Waals surface area contributed by atoms with Crippen LogP contribution in [0.5, 0.6) is 0 Å². The van der Waals surface area contributed by atoms with E-state index < -0.39 is 24.4 Å². The van der Waals surface area contributed by atoms with Gasteiger partial charge in [0.15, 0.2) is 10.3 Å². The molecule has 0 fully saturated rings. The minimum absolute atomic E-state index is 0.352. The lowest BCUT2D eigenvalue weighted by molar-refractivity contribution is -0.119. The van der Waals surface area contributed by atoms with Gasteiger partial charge in [-0.3, -0.25) is 9.97 Å². The number of hydrogen-bond donors (Lipinski definition) is 2. The van der Waals surface area contributed by atoms with Gasteiger partial charge in [-0.15, -0.1) is 23.5 Å². The maximum Gasteiger partial charge on any atom is 0.169 e. The molecule has 0 spiro atoms. The van der Waals surface area contributed by atoms with Crippen LogP contribution in [-0.4, -0.2) is 75.2 Å². The Morgan fingerprint density at radius 1 is 0.623 bits per heavy atom. The fourth-order valence-electron chi connectivity index (χ4n) is 6.18. The minimum Gasteiger partial charge on any atom is -0.391 e. The number of aromatic nitrogens is 6. The first-order valence-electron chi connectivity index (χ1n) is 18.0. The Hall–Kier alpha value is -3.04. The first-order chi connectivity index (χ1) is 25.7. The highest BCUT2D eigenvalue weighted by Crippen LogP contribution is 2.33. The molecule has 13 heteroatoms. The largest absolute Gasteiger partial charge is 0.391 e. The van der Waals surface area contributed by atoms with E-state index >= 15 is 0 Å². The first kappa shape index (κ1) is 39.6. The Kier molecular flexibility index (Phi) is 13.9. The number of aliphatic hydroxyl groups is 2. The quantitative estimate of drug-likeness (QED) is 0.0816. The summed E-state index contributed by atoms with van der Waals surface area (Å²) in [7, 11) is 0. The minimum atomic E-state index is -0.822. The number of para-hydroxylation sites is 4. The number of nitrogens with zero attached hydrogens (tertiary/aromatic N) is 6. The SMILES string of the molecule is CCSc1ccnc(CSc2nc3ccccc3n2CC(OC(Cn2c(SCc3nccc(SCC)c3C)nc3ccccc32)C(C)O)C(C)O)c1C. The molecule has 2 aromatic carbocycles. The van der Waals surface area contributed by atoms with Crippen LogP contribution in [0, 0.1) is 13.8 Å². The van der Waals surface area contributed by atoms with Crippen LogP contribution in [0.1, 0.15) is 50.2 Å². The molecule has 0 aliphatic carbocycles. The van der Waals surface area contributed by atoms with Crippen molar-refractivity contribution in [1.29, 1.82) is 0 Å². The van der Waals surface area contributed by atoms with Gasteiger partial charge < -0.3 is 24.1 Å². The predicted octanol–water partition coefficient (Wildman–Crippen LogP) is 8.82. The molecular formula is C40H48N6O3S4. The Labute approximate surface area is 329 Å². The van der Waals surface area contributed by atoms with Crippen molar-refractivity contribution in [3.05, 3.63) is 95.6 Å². The molecule has 4 unspecified atom stereocenters. The van der Waals surface area contributed by atoms with Gasteiger partial charge in [-0.2, -0.15) is 0 Å². The highest BCUT2D eigenvalue weighted by molar-refractivity contribution is 7.99. The molecule has 4 atom stereocenters. The highest BCUT2D eigenvalue weighted by atomic mass is 32.2. The topological polar surface area (TPSA) is 111 Å². The summed E-state index contributed by atoms with van der Waals surface area (Å²) in [6.07, 6.45) is 0.856. The van der Waals surface area contributed by atoms with Crippen LogP contribution >= 0.6 is 47.0 Å². The Morgan fingerprint density at radius 2 is 1.04 bits per heavy atom. The number of aliphatic hydroxyl groups excluding tert-OH is 2. The van der Waals surface area contributed by atoms with Crippen molar-refractivity contribution in [2.45, 2.75) is 111 Å². The van der Waals surface area contributed by atoms with Crippen molar-refractivity contribution in [2.75, 3.05) is 11.5 Å². The molecule has 2 N–H and O–H groups in total. The van der Waals surface area contributed by atoms with Crippen LogP contribution in [0.25, 0.3) is 22.1 Å². The van der Waals surface area contributed by atoms with Crippen molar-refractivity contribution in [1.82, 2.24) is 29.1 Å². The second kappa shape index (κ2) is 18.5. The number of pyridine rings is 2. The standard InChI is InChI=1S/C40H48N6O3S4/c1-7-50-37-17-19-41-31(25(37)3)23-52-39-43-29-13-9-11-15-33(29)45(39)21-35(27(5)47)49-36(28(6)48)22-46-34-16-12-10-14-30(34)44-40(46)53-24-32-26(4)38(51-8-2)18-20-42-32/h9-20,27-28,35-36,47-48H,7-8,21-24H2,1-6H3. The van der Waals surface area contributed by atoms with Crippen LogP contribution in [0.4, 0.5) is 0 Å². The maximum atomic E-state index is 11.2. The van der Waals surface area contributed by atoms with Gasteiger partial charge in [0.05, 0.1) is 58.8 Å². The van der Waals surface area contributed by atoms with E-state index in [0.717, 1.165) is 55.3 Å². The van der Waals surface area contributed by atoms with E-state index in [9.17, 15) is 10.2 Å². The maximum absolute atomic E-state index is 11.2. The second-order valence-corrected chi connectivity index (χ2v) is 17.4. The van der Waals surface area contributed by atoms with Crippen molar-refractivity contribution >= 4 is 69.1 Å². The van der Waals surface area contributed by atoms with E-state index in [1.165, 1.54) is 20.9 Å². The lowest BCUT2D eigenvalue weighted by Crippen LogP contribution is -2.41. The number of imidazole rings is 2. The van der Waals surface area contributed by atoms with Crippen molar-refractivity contribution in [3.63, 3.8) is 0 Å². The summed E-state index contributed by atoms with van der Waals surface area (Å²) in [5.41, 5.74) is 8.13. The Morgan fingerprint density at radius 3 is 1.43 bits per heavy atom. The average molecular weight is 789 g/mol. The van der Waals surface area contributed by atoms with Gasteiger partial charge in [0.25, 0.3) is 0 Å². The monoisotopic (exact) mass is 788 g/mol. The van der Waals surface area contributed by atoms with Gasteiger partial charge in [0.2, 0.25) is 0 Å². The molecule has 0 aliphatic rings. The summed E-state index contributed by atoms with van der Waals surface area (Å²) in [6.45, 7) is 12.8. The lowest BCUT2D eigenvalue weighted by atomic mass is 10.1. The molecule has 0 amide bonds. The summed E-state index contributed by atoms with van der Waals surface area (Å²) in [5, 5.41) is 24.0. The van der Waals surface area contributed by atoms with E-state index in [-0.39, 0.29) is 0 Å². The lowest BCUT2D eigenvalue weighted by Gasteiger charge is -2.30. The molecule has 53 heavy (non-hydrogen) atoms. The molecule has 0 saturated carbocycles. The van der Waals surface area contributed by atoms with Gasteiger partial charge in [0, 0.05) is 33.7 Å². The zero-order valence-electron chi connectivity index (χ0n) is 31.1. The van der Waals surface area contributed by atoms with E-state index in [4.69, 9.17) is 24.7 Å². The third-order valence-corrected chi connectivity index (χ3v) is 13.2. The van der Waals surface area contributed by atoms with E-state index in [0.29, 0.717) is 24.6 Å². The molecule has 9 nitrogen and oxygen atoms in total. The smallest absolute Gasteiger partial charge is 0.169 e. The number of benzene rings is 2. The van der Waals surface area contributed by atoms with E-state index in [2.05, 4.69) is 49.0 Å². The molecule has 0 radical (unpaired) electrons. The van der Waals surface area contributed by atoms with Gasteiger partial charge in [-0.05, 0) is 86.7 Å². The zero-order chi connectivity index (χ0) is 37.5. The third kappa shape index (κ3) is 9.44. The van der Waals surface area contributed by atoms with Gasteiger partial charge >= 0.3 is 0 Å². The fourth-order valence-corrected chi connectivity index (χ4v) is 9.88. The van der Waals surface area contributed by atoms with Crippen molar-refractivity contribution in [2.24, 2.45) is 0 Å². The van der Waals surface area contributed by atoms with Crippen LogP contribution in [0.2, 0.25) is 0 Å². The van der Waals surface area contributed by atoms with Gasteiger partial charge in [-0.25, -0.2) is 9.97 Å². The van der Waals surface area contributed by atoms with Gasteiger partial charge in [0.1, 0.15) is 12.2 Å². The van der Waals surface area contributed by atoms with Crippen LogP contribution < -0.4 is 0 Å². The summed E-state index contributed by atoms with van der Waals surface area (Å²) < 4.78 is 11.0. The zero-order valence-corrected chi connectivity index (χ0v) is 34.4. The molecule has 0 bridgehead atoms. The van der Waals surface area contributed by atoms with Crippen molar-refractivity contribution < 1.29 is 14.9 Å². The number of ether oxygens (including phenoxy) is 1. The molecule has 0 saturated heterocycles. The van der Waals surface area contributed by atoms with E-state index in [1.54, 1.807) is 37.4 Å². The summed E-state index contributed by atoms with van der Waals surface area (Å²) in [5.74, 6) is 3.33. The predicted molar refractivity (Wildman–Crippen MR) is 221 cm³/mol. The normalized spacial score (nSPS) is 14.2. The van der Waals surface area contributed by atoms with Gasteiger partial charge in [-0.1, -0.05) is 61.6 Å². The molecular weight excluding hydrogens is 741 g/mol. The fraction of sp³-hybridized carbons (Fsp3) is 0.400. The number of thioether (sulfide) groups is 4. The molecule has 0 aliphatic heterocycles. The van der Waals surface area contributed by atoms with Crippen molar-refractivity contribution in [3.8, 4) is 0 Å². The molecule has 4 aromatic heterocycles.